The summed E-state index contributed by atoms with van der Waals surface area (Å²) in [7, 11) is 0. The van der Waals surface area contributed by atoms with Crippen molar-refractivity contribution in [2.75, 3.05) is 5.32 Å². The van der Waals surface area contributed by atoms with E-state index in [1.54, 1.807) is 11.3 Å². The van der Waals surface area contributed by atoms with Gasteiger partial charge in [-0.15, -0.1) is 11.3 Å². The number of nitrogens with one attached hydrogen (secondary N) is 1. The number of anilines is 1. The summed E-state index contributed by atoms with van der Waals surface area (Å²) in [5.41, 5.74) is 2.50. The third-order valence-electron chi connectivity index (χ3n) is 3.62. The molecule has 21 heavy (non-hydrogen) atoms. The van der Waals surface area contributed by atoms with Gasteiger partial charge in [-0.25, -0.2) is 4.98 Å². The molecule has 0 aliphatic heterocycles. The molecule has 0 fully saturated rings. The fourth-order valence-corrected chi connectivity index (χ4v) is 3.69. The molecule has 0 atom stereocenters. The Labute approximate surface area is 125 Å². The number of aromatic nitrogens is 2. The second-order valence-corrected chi connectivity index (χ2v) is 6.18. The molecule has 2 heterocycles. The van der Waals surface area contributed by atoms with E-state index in [4.69, 9.17) is 4.52 Å². The minimum atomic E-state index is -0.110. The highest BCUT2D eigenvalue weighted by molar-refractivity contribution is 7.15. The van der Waals surface area contributed by atoms with Gasteiger partial charge < -0.3 is 9.84 Å². The summed E-state index contributed by atoms with van der Waals surface area (Å²) < 4.78 is 5.21. The molecule has 1 amide bonds. The van der Waals surface area contributed by atoms with Crippen molar-refractivity contribution in [2.45, 2.75) is 25.7 Å². The zero-order valence-electron chi connectivity index (χ0n) is 11.3. The SMILES string of the molecule is O=C(Cc1noc2ccccc12)Nc1nc2c(s1)CCC2. The summed E-state index contributed by atoms with van der Waals surface area (Å²) in [6.07, 6.45) is 3.47. The Kier molecular flexibility index (Phi) is 2.96. The van der Waals surface area contributed by atoms with Crippen LogP contribution in [0, 0.1) is 0 Å². The number of carbonyl (C=O) groups excluding carboxylic acids is 1. The average molecular weight is 299 g/mol. The molecule has 1 aromatic carbocycles. The number of amides is 1. The molecule has 0 radical (unpaired) electrons. The number of fused-ring (bicyclic) bond motifs is 2. The first-order valence-corrected chi connectivity index (χ1v) is 7.73. The van der Waals surface area contributed by atoms with E-state index in [-0.39, 0.29) is 12.3 Å². The Balaban J connectivity index is 1.50. The van der Waals surface area contributed by atoms with Gasteiger partial charge in [0.15, 0.2) is 10.7 Å². The molecule has 5 nitrogen and oxygen atoms in total. The Hall–Kier alpha value is -2.21. The molecule has 2 aromatic heterocycles. The van der Waals surface area contributed by atoms with Gasteiger partial charge in [-0.3, -0.25) is 4.79 Å². The van der Waals surface area contributed by atoms with Crippen LogP contribution in [0.3, 0.4) is 0 Å². The van der Waals surface area contributed by atoms with Crippen LogP contribution in [0.4, 0.5) is 5.13 Å². The first-order chi connectivity index (χ1) is 10.3. The fraction of sp³-hybridized carbons (Fsp3) is 0.267. The van der Waals surface area contributed by atoms with Crippen molar-refractivity contribution < 1.29 is 9.32 Å². The van der Waals surface area contributed by atoms with Crippen molar-refractivity contribution in [1.29, 1.82) is 0 Å². The zero-order valence-corrected chi connectivity index (χ0v) is 12.1. The molecule has 0 unspecified atom stereocenters. The minimum absolute atomic E-state index is 0.110. The van der Waals surface area contributed by atoms with Gasteiger partial charge in [-0.1, -0.05) is 17.3 Å². The molecule has 6 heteroatoms. The second-order valence-electron chi connectivity index (χ2n) is 5.09. The number of nitrogens with zero attached hydrogens (tertiary/aromatic N) is 2. The number of hydrogen-bond acceptors (Lipinski definition) is 5. The van der Waals surface area contributed by atoms with Crippen LogP contribution in [-0.4, -0.2) is 16.0 Å². The average Bonchev–Trinajstić information content (AvgIpc) is 3.14. The van der Waals surface area contributed by atoms with Gasteiger partial charge in [-0.2, -0.15) is 0 Å². The summed E-state index contributed by atoms with van der Waals surface area (Å²) in [5, 5.41) is 8.41. The van der Waals surface area contributed by atoms with Crippen LogP contribution in [0.5, 0.6) is 0 Å². The summed E-state index contributed by atoms with van der Waals surface area (Å²) >= 11 is 1.58. The van der Waals surface area contributed by atoms with E-state index < -0.39 is 0 Å². The summed E-state index contributed by atoms with van der Waals surface area (Å²) in [5.74, 6) is -0.110. The van der Waals surface area contributed by atoms with Crippen molar-refractivity contribution in [2.24, 2.45) is 0 Å². The van der Waals surface area contributed by atoms with Crippen LogP contribution in [0.2, 0.25) is 0 Å². The molecular formula is C15H13N3O2S. The van der Waals surface area contributed by atoms with Gasteiger partial charge >= 0.3 is 0 Å². The molecule has 4 rings (SSSR count). The molecule has 1 aliphatic rings. The van der Waals surface area contributed by atoms with E-state index in [2.05, 4.69) is 15.5 Å². The number of rotatable bonds is 3. The Morgan fingerprint density at radius 2 is 2.24 bits per heavy atom. The van der Waals surface area contributed by atoms with Crippen LogP contribution < -0.4 is 5.32 Å². The number of benzene rings is 1. The van der Waals surface area contributed by atoms with Gasteiger partial charge in [0.1, 0.15) is 5.69 Å². The number of hydrogen-bond donors (Lipinski definition) is 1. The molecular weight excluding hydrogens is 286 g/mol. The zero-order chi connectivity index (χ0) is 14.2. The number of thiazole rings is 1. The standard InChI is InChI=1S/C15H13N3O2S/c19-14(17-15-16-10-5-3-7-13(10)21-15)8-11-9-4-1-2-6-12(9)20-18-11/h1-2,4,6H,3,5,7-8H2,(H,16,17,19). The number of para-hydroxylation sites is 1. The highest BCUT2D eigenvalue weighted by Gasteiger charge is 2.18. The van der Waals surface area contributed by atoms with Crippen molar-refractivity contribution in [3.8, 4) is 0 Å². The van der Waals surface area contributed by atoms with Crippen LogP contribution >= 0.6 is 11.3 Å². The normalized spacial score (nSPS) is 13.5. The van der Waals surface area contributed by atoms with E-state index in [1.165, 1.54) is 11.3 Å². The Morgan fingerprint density at radius 3 is 3.14 bits per heavy atom. The van der Waals surface area contributed by atoms with E-state index >= 15 is 0 Å². The Morgan fingerprint density at radius 1 is 1.33 bits per heavy atom. The maximum atomic E-state index is 12.1. The number of aryl methyl sites for hydroxylation is 2. The number of carbonyl (C=O) groups is 1. The predicted octanol–water partition coefficient (Wildman–Crippen LogP) is 2.95. The first kappa shape index (κ1) is 12.5. The fourth-order valence-electron chi connectivity index (χ4n) is 2.62. The van der Waals surface area contributed by atoms with Gasteiger partial charge in [0.25, 0.3) is 0 Å². The molecule has 1 aliphatic carbocycles. The summed E-state index contributed by atoms with van der Waals surface area (Å²) in [6.45, 7) is 0. The lowest BCUT2D eigenvalue weighted by Gasteiger charge is -1.99. The van der Waals surface area contributed by atoms with E-state index in [0.29, 0.717) is 16.4 Å². The maximum absolute atomic E-state index is 12.1. The van der Waals surface area contributed by atoms with E-state index in [1.807, 2.05) is 24.3 Å². The second kappa shape index (κ2) is 4.96. The molecule has 0 saturated carbocycles. The van der Waals surface area contributed by atoms with Crippen LogP contribution in [0.15, 0.2) is 28.8 Å². The quantitative estimate of drug-likeness (QED) is 0.807. The largest absolute Gasteiger partial charge is 0.356 e. The molecule has 1 N–H and O–H groups in total. The third kappa shape index (κ3) is 2.31. The lowest BCUT2D eigenvalue weighted by atomic mass is 10.2. The van der Waals surface area contributed by atoms with Crippen LogP contribution in [-0.2, 0) is 24.1 Å². The van der Waals surface area contributed by atoms with Gasteiger partial charge in [-0.05, 0) is 31.4 Å². The van der Waals surface area contributed by atoms with Crippen molar-refractivity contribution in [3.05, 3.63) is 40.5 Å². The topological polar surface area (TPSA) is 68.0 Å². The first-order valence-electron chi connectivity index (χ1n) is 6.91. The monoisotopic (exact) mass is 299 g/mol. The Bertz CT molecular complexity index is 800. The van der Waals surface area contributed by atoms with Crippen molar-refractivity contribution in [3.63, 3.8) is 0 Å². The predicted molar refractivity (Wildman–Crippen MR) is 80.5 cm³/mol. The molecule has 3 aromatic rings. The summed E-state index contributed by atoms with van der Waals surface area (Å²) in [6, 6.07) is 7.54. The minimum Gasteiger partial charge on any atom is -0.356 e. The van der Waals surface area contributed by atoms with E-state index in [9.17, 15) is 4.79 Å². The highest BCUT2D eigenvalue weighted by Crippen LogP contribution is 2.30. The van der Waals surface area contributed by atoms with Crippen molar-refractivity contribution in [1.82, 2.24) is 10.1 Å². The van der Waals surface area contributed by atoms with Crippen LogP contribution in [0.25, 0.3) is 11.0 Å². The molecule has 0 saturated heterocycles. The smallest absolute Gasteiger partial charge is 0.232 e. The molecule has 106 valence electrons. The van der Waals surface area contributed by atoms with Crippen LogP contribution in [0.1, 0.15) is 22.7 Å². The van der Waals surface area contributed by atoms with Gasteiger partial charge in [0.2, 0.25) is 5.91 Å². The lowest BCUT2D eigenvalue weighted by molar-refractivity contribution is -0.115. The van der Waals surface area contributed by atoms with Crippen molar-refractivity contribution >= 4 is 33.3 Å². The van der Waals surface area contributed by atoms with Gasteiger partial charge in [0, 0.05) is 10.3 Å². The molecule has 0 bridgehead atoms. The van der Waals surface area contributed by atoms with Gasteiger partial charge in [0.05, 0.1) is 12.1 Å². The maximum Gasteiger partial charge on any atom is 0.232 e. The third-order valence-corrected chi connectivity index (χ3v) is 4.70. The lowest BCUT2D eigenvalue weighted by Crippen LogP contribution is -2.14. The highest BCUT2D eigenvalue weighted by atomic mass is 32.1. The summed E-state index contributed by atoms with van der Waals surface area (Å²) in [4.78, 5) is 17.9. The van der Waals surface area contributed by atoms with E-state index in [0.717, 1.165) is 23.9 Å². The molecule has 0 spiro atoms.